The number of nitro groups is 1. The molecular formula is C18H19BrN2O4S. The molecule has 0 N–H and O–H groups in total. The van der Waals surface area contributed by atoms with Crippen molar-refractivity contribution >= 4 is 31.6 Å². The molecule has 0 bridgehead atoms. The Hall–Kier alpha value is -1.77. The quantitative estimate of drug-likeness (QED) is 0.475. The van der Waals surface area contributed by atoms with Crippen LogP contribution in [-0.2, 0) is 16.6 Å². The molecule has 2 aromatic carbocycles. The molecule has 0 radical (unpaired) electrons. The lowest BCUT2D eigenvalue weighted by molar-refractivity contribution is -0.387. The monoisotopic (exact) mass is 438 g/mol. The van der Waals surface area contributed by atoms with Gasteiger partial charge < -0.3 is 0 Å². The molecule has 0 heterocycles. The normalized spacial score (nSPS) is 15.8. The van der Waals surface area contributed by atoms with Crippen LogP contribution in [0.2, 0.25) is 0 Å². The highest BCUT2D eigenvalue weighted by atomic mass is 79.9. The first-order chi connectivity index (χ1) is 12.3. The molecule has 1 unspecified atom stereocenters. The number of halogens is 1. The van der Waals surface area contributed by atoms with Crippen molar-refractivity contribution in [1.82, 2.24) is 4.31 Å². The van der Waals surface area contributed by atoms with E-state index >= 15 is 0 Å². The Morgan fingerprint density at radius 1 is 1.23 bits per heavy atom. The standard InChI is InChI=1S/C18H19BrN2O4S/c1-13(15-7-8-15)20(12-14-5-3-2-4-6-14)26(24,25)18-11-16(19)9-10-17(18)21(22)23/h2-6,9-11,13,15H,7-8,12H2,1H3. The highest BCUT2D eigenvalue weighted by Gasteiger charge is 2.40. The first-order valence-corrected chi connectivity index (χ1v) is 10.5. The lowest BCUT2D eigenvalue weighted by Crippen LogP contribution is -2.39. The highest BCUT2D eigenvalue weighted by Crippen LogP contribution is 2.39. The lowest BCUT2D eigenvalue weighted by Gasteiger charge is -2.28. The van der Waals surface area contributed by atoms with E-state index in [2.05, 4.69) is 15.9 Å². The average molecular weight is 439 g/mol. The summed E-state index contributed by atoms with van der Waals surface area (Å²) < 4.78 is 28.7. The Labute approximate surface area is 161 Å². The van der Waals surface area contributed by atoms with E-state index in [1.807, 2.05) is 37.3 Å². The molecule has 8 heteroatoms. The van der Waals surface area contributed by atoms with Gasteiger partial charge in [0, 0.05) is 23.1 Å². The van der Waals surface area contributed by atoms with Gasteiger partial charge in [-0.15, -0.1) is 0 Å². The van der Waals surface area contributed by atoms with Crippen molar-refractivity contribution in [2.45, 2.75) is 37.2 Å². The molecule has 6 nitrogen and oxygen atoms in total. The first-order valence-electron chi connectivity index (χ1n) is 8.30. The van der Waals surface area contributed by atoms with Gasteiger partial charge in [0.25, 0.3) is 15.7 Å². The van der Waals surface area contributed by atoms with Crippen molar-refractivity contribution in [3.8, 4) is 0 Å². The molecule has 1 atom stereocenters. The maximum absolute atomic E-state index is 13.4. The summed E-state index contributed by atoms with van der Waals surface area (Å²) in [5, 5.41) is 11.4. The van der Waals surface area contributed by atoms with Gasteiger partial charge in [-0.05, 0) is 43.4 Å². The summed E-state index contributed by atoms with van der Waals surface area (Å²) in [5.74, 6) is 0.291. The SMILES string of the molecule is CC(C1CC1)N(Cc1ccccc1)S(=O)(=O)c1cc(Br)ccc1[N+](=O)[O-]. The van der Waals surface area contributed by atoms with E-state index in [9.17, 15) is 18.5 Å². The van der Waals surface area contributed by atoms with Crippen molar-refractivity contribution in [3.05, 3.63) is 68.7 Å². The van der Waals surface area contributed by atoms with Gasteiger partial charge in [0.2, 0.25) is 0 Å². The zero-order valence-electron chi connectivity index (χ0n) is 14.2. The van der Waals surface area contributed by atoms with Crippen molar-refractivity contribution < 1.29 is 13.3 Å². The maximum atomic E-state index is 13.4. The van der Waals surface area contributed by atoms with E-state index in [4.69, 9.17) is 0 Å². The molecule has 3 rings (SSSR count). The molecule has 0 aliphatic heterocycles. The van der Waals surface area contributed by atoms with E-state index in [1.54, 1.807) is 0 Å². The summed E-state index contributed by atoms with van der Waals surface area (Å²) in [7, 11) is -4.04. The first kappa shape index (κ1) is 19.0. The van der Waals surface area contributed by atoms with Crippen LogP contribution in [0, 0.1) is 16.0 Å². The summed E-state index contributed by atoms with van der Waals surface area (Å²) in [5.41, 5.74) is 0.440. The Bertz CT molecular complexity index is 914. The fourth-order valence-electron chi connectivity index (χ4n) is 3.00. The predicted octanol–water partition coefficient (Wildman–Crippen LogP) is 4.35. The fourth-order valence-corrected chi connectivity index (χ4v) is 5.37. The molecule has 1 aliphatic rings. The largest absolute Gasteiger partial charge is 0.289 e. The average Bonchev–Trinajstić information content (AvgIpc) is 3.44. The number of nitro benzene ring substituents is 1. The van der Waals surface area contributed by atoms with Crippen molar-refractivity contribution in [2.75, 3.05) is 0 Å². The van der Waals surface area contributed by atoms with Crippen molar-refractivity contribution in [3.63, 3.8) is 0 Å². The highest BCUT2D eigenvalue weighted by molar-refractivity contribution is 9.10. The third-order valence-corrected chi connectivity index (χ3v) is 7.10. The van der Waals surface area contributed by atoms with E-state index in [0.717, 1.165) is 18.4 Å². The van der Waals surface area contributed by atoms with Crippen LogP contribution in [0.15, 0.2) is 57.9 Å². The third-order valence-electron chi connectivity index (χ3n) is 4.64. The molecule has 0 spiro atoms. The van der Waals surface area contributed by atoms with Crippen LogP contribution in [0.25, 0.3) is 0 Å². The third kappa shape index (κ3) is 3.97. The molecule has 1 saturated carbocycles. The Balaban J connectivity index is 2.07. The van der Waals surface area contributed by atoms with Crippen molar-refractivity contribution in [1.29, 1.82) is 0 Å². The van der Waals surface area contributed by atoms with E-state index in [1.165, 1.54) is 22.5 Å². The number of hydrogen-bond donors (Lipinski definition) is 0. The van der Waals surface area contributed by atoms with Gasteiger partial charge in [-0.1, -0.05) is 46.3 Å². The minimum Gasteiger partial charge on any atom is -0.258 e. The van der Waals surface area contributed by atoms with Crippen LogP contribution < -0.4 is 0 Å². The lowest BCUT2D eigenvalue weighted by atomic mass is 10.2. The van der Waals surface area contributed by atoms with Gasteiger partial charge in [-0.3, -0.25) is 10.1 Å². The van der Waals surface area contributed by atoms with Gasteiger partial charge in [-0.2, -0.15) is 4.31 Å². The Morgan fingerprint density at radius 3 is 2.46 bits per heavy atom. The molecule has 0 aromatic heterocycles. The number of benzene rings is 2. The Kier molecular flexibility index (Phi) is 5.45. The summed E-state index contributed by atoms with van der Waals surface area (Å²) in [6.45, 7) is 2.06. The van der Waals surface area contributed by atoms with Crippen LogP contribution in [0.1, 0.15) is 25.3 Å². The zero-order chi connectivity index (χ0) is 18.9. The molecule has 0 amide bonds. The van der Waals surface area contributed by atoms with Gasteiger partial charge in [0.05, 0.1) is 4.92 Å². The van der Waals surface area contributed by atoms with Crippen LogP contribution in [0.4, 0.5) is 5.69 Å². The fraction of sp³-hybridized carbons (Fsp3) is 0.333. The molecular weight excluding hydrogens is 420 g/mol. The Morgan fingerprint density at radius 2 is 1.88 bits per heavy atom. The summed E-state index contributed by atoms with van der Waals surface area (Å²) in [6, 6.07) is 13.1. The van der Waals surface area contributed by atoms with Crippen LogP contribution >= 0.6 is 15.9 Å². The van der Waals surface area contributed by atoms with Gasteiger partial charge in [0.1, 0.15) is 0 Å². The number of rotatable bonds is 7. The van der Waals surface area contributed by atoms with Crippen molar-refractivity contribution in [2.24, 2.45) is 5.92 Å². The van der Waals surface area contributed by atoms with E-state index < -0.39 is 20.6 Å². The molecule has 1 fully saturated rings. The second-order valence-corrected chi connectivity index (χ2v) is 9.26. The second-order valence-electron chi connectivity index (χ2n) is 6.48. The van der Waals surface area contributed by atoms with Gasteiger partial charge in [-0.25, -0.2) is 8.42 Å². The van der Waals surface area contributed by atoms with Gasteiger partial charge in [0.15, 0.2) is 4.90 Å². The predicted molar refractivity (Wildman–Crippen MR) is 102 cm³/mol. The number of sulfonamides is 1. The summed E-state index contributed by atoms with van der Waals surface area (Å²) >= 11 is 3.23. The van der Waals surface area contributed by atoms with Crippen LogP contribution in [0.5, 0.6) is 0 Å². The zero-order valence-corrected chi connectivity index (χ0v) is 16.6. The van der Waals surface area contributed by atoms with Crippen LogP contribution in [-0.4, -0.2) is 23.7 Å². The second kappa shape index (κ2) is 7.46. The number of nitrogens with zero attached hydrogens (tertiary/aromatic N) is 2. The minimum absolute atomic E-state index is 0.185. The molecule has 26 heavy (non-hydrogen) atoms. The van der Waals surface area contributed by atoms with E-state index in [-0.39, 0.29) is 17.5 Å². The number of hydrogen-bond acceptors (Lipinski definition) is 4. The minimum atomic E-state index is -4.04. The molecule has 2 aromatic rings. The van der Waals surface area contributed by atoms with Crippen LogP contribution in [0.3, 0.4) is 0 Å². The molecule has 138 valence electrons. The topological polar surface area (TPSA) is 80.5 Å². The maximum Gasteiger partial charge on any atom is 0.289 e. The van der Waals surface area contributed by atoms with E-state index in [0.29, 0.717) is 10.4 Å². The smallest absolute Gasteiger partial charge is 0.258 e. The molecule has 1 aliphatic carbocycles. The summed E-state index contributed by atoms with van der Waals surface area (Å²) in [4.78, 5) is 10.5. The summed E-state index contributed by atoms with van der Waals surface area (Å²) in [6.07, 6.45) is 1.95. The molecule has 0 saturated heterocycles. The van der Waals surface area contributed by atoms with Gasteiger partial charge >= 0.3 is 0 Å².